The van der Waals surface area contributed by atoms with E-state index in [2.05, 4.69) is 62.3 Å². The number of benzene rings is 2. The Labute approximate surface area is 196 Å². The number of aryl methyl sites for hydroxylation is 2. The van der Waals surface area contributed by atoms with Crippen LogP contribution in [0.1, 0.15) is 17.3 Å². The molecule has 2 aromatic carbocycles. The molecule has 170 valence electrons. The second-order valence-electron chi connectivity index (χ2n) is 8.59. The highest BCUT2D eigenvalue weighted by Gasteiger charge is 2.24. The highest BCUT2D eigenvalue weighted by atomic mass is 16.3. The summed E-state index contributed by atoms with van der Waals surface area (Å²) in [5.41, 5.74) is 12.1. The van der Waals surface area contributed by atoms with Gasteiger partial charge in [0, 0.05) is 55.9 Å². The number of anilines is 1. The molecule has 0 saturated heterocycles. The molecule has 6 rings (SSSR count). The van der Waals surface area contributed by atoms with Gasteiger partial charge in [-0.3, -0.25) is 9.97 Å². The summed E-state index contributed by atoms with van der Waals surface area (Å²) in [6, 6.07) is 10.3. The van der Waals surface area contributed by atoms with E-state index in [1.807, 2.05) is 31.2 Å². The van der Waals surface area contributed by atoms with Gasteiger partial charge in [-0.1, -0.05) is 11.3 Å². The van der Waals surface area contributed by atoms with Crippen LogP contribution in [0.25, 0.3) is 33.1 Å². The van der Waals surface area contributed by atoms with Gasteiger partial charge in [0.15, 0.2) is 0 Å². The lowest BCUT2D eigenvalue weighted by molar-refractivity contribution is 0.373. The largest absolute Gasteiger partial charge is 0.464 e. The summed E-state index contributed by atoms with van der Waals surface area (Å²) in [5, 5.41) is 15.0. The topological polar surface area (TPSA) is 96.9 Å². The maximum absolute atomic E-state index is 5.65. The molecular formula is C25H24N8O. The van der Waals surface area contributed by atoms with Crippen LogP contribution in [0, 0.1) is 6.92 Å². The molecule has 0 bridgehead atoms. The minimum atomic E-state index is -0.113. The van der Waals surface area contributed by atoms with Crippen LogP contribution in [-0.2, 0) is 7.05 Å². The van der Waals surface area contributed by atoms with Crippen LogP contribution in [-0.4, -0.2) is 43.6 Å². The molecule has 1 aliphatic rings. The van der Waals surface area contributed by atoms with Crippen LogP contribution in [0.5, 0.6) is 0 Å². The highest BCUT2D eigenvalue weighted by Crippen LogP contribution is 2.35. The second-order valence-corrected chi connectivity index (χ2v) is 8.59. The van der Waals surface area contributed by atoms with E-state index in [0.29, 0.717) is 0 Å². The molecule has 2 N–H and O–H groups in total. The Balaban J connectivity index is 1.49. The van der Waals surface area contributed by atoms with E-state index in [1.165, 1.54) is 5.57 Å². The lowest BCUT2D eigenvalue weighted by atomic mass is 9.99. The number of aromatic nitrogens is 5. The molecule has 0 fully saturated rings. The summed E-state index contributed by atoms with van der Waals surface area (Å²) < 4.78 is 7.45. The number of hydrogen-bond acceptors (Lipinski definition) is 8. The molecule has 5 aromatic rings. The summed E-state index contributed by atoms with van der Waals surface area (Å²) in [5.74, 6) is 0. The summed E-state index contributed by atoms with van der Waals surface area (Å²) in [6.07, 6.45) is 9.14. The third-order valence-electron chi connectivity index (χ3n) is 6.27. The van der Waals surface area contributed by atoms with Crippen molar-refractivity contribution in [2.75, 3.05) is 18.9 Å². The minimum Gasteiger partial charge on any atom is -0.464 e. The van der Waals surface area contributed by atoms with Crippen molar-refractivity contribution < 1.29 is 4.42 Å². The van der Waals surface area contributed by atoms with E-state index >= 15 is 0 Å². The number of rotatable bonds is 5. The fourth-order valence-electron chi connectivity index (χ4n) is 4.52. The third kappa shape index (κ3) is 3.46. The molecule has 4 heterocycles. The number of nitrogens with one attached hydrogen (secondary N) is 2. The van der Waals surface area contributed by atoms with Gasteiger partial charge in [0.05, 0.1) is 35.2 Å². The van der Waals surface area contributed by atoms with Crippen molar-refractivity contribution in [2.45, 2.75) is 13.0 Å². The monoisotopic (exact) mass is 452 g/mol. The van der Waals surface area contributed by atoms with Crippen LogP contribution in [0.4, 0.5) is 5.69 Å². The Kier molecular flexibility index (Phi) is 4.77. The number of hydrazine groups is 1. The zero-order valence-electron chi connectivity index (χ0n) is 19.1. The van der Waals surface area contributed by atoms with Gasteiger partial charge in [0.25, 0.3) is 0 Å². The van der Waals surface area contributed by atoms with Crippen LogP contribution in [0.2, 0.25) is 0 Å². The van der Waals surface area contributed by atoms with Gasteiger partial charge < -0.3 is 14.7 Å². The molecule has 1 atom stereocenters. The van der Waals surface area contributed by atoms with Crippen LogP contribution in [0.15, 0.2) is 71.4 Å². The Morgan fingerprint density at radius 1 is 1.12 bits per heavy atom. The fourth-order valence-corrected chi connectivity index (χ4v) is 4.52. The average Bonchev–Trinajstić information content (AvgIpc) is 3.57. The molecule has 34 heavy (non-hydrogen) atoms. The minimum absolute atomic E-state index is 0.113. The Bertz CT molecular complexity index is 1550. The lowest BCUT2D eigenvalue weighted by Crippen LogP contribution is -2.25. The molecule has 3 aromatic heterocycles. The van der Waals surface area contributed by atoms with Gasteiger partial charge in [-0.05, 0) is 47.9 Å². The zero-order valence-corrected chi connectivity index (χ0v) is 19.1. The third-order valence-corrected chi connectivity index (χ3v) is 6.27. The predicted molar refractivity (Wildman–Crippen MR) is 131 cm³/mol. The molecule has 1 aliphatic heterocycles. The van der Waals surface area contributed by atoms with Crippen LogP contribution < -0.4 is 10.7 Å². The van der Waals surface area contributed by atoms with Crippen LogP contribution >= 0.6 is 0 Å². The van der Waals surface area contributed by atoms with Crippen molar-refractivity contribution in [3.05, 3.63) is 78.2 Å². The molecule has 9 heteroatoms. The quantitative estimate of drug-likeness (QED) is 0.414. The van der Waals surface area contributed by atoms with Crippen molar-refractivity contribution >= 4 is 27.7 Å². The summed E-state index contributed by atoms with van der Waals surface area (Å²) in [7, 11) is 3.90. The highest BCUT2D eigenvalue weighted by molar-refractivity contribution is 5.97. The van der Waals surface area contributed by atoms with E-state index in [4.69, 9.17) is 4.42 Å². The maximum atomic E-state index is 5.65. The first-order chi connectivity index (χ1) is 16.6. The molecule has 0 spiro atoms. The van der Waals surface area contributed by atoms with Gasteiger partial charge >= 0.3 is 0 Å². The first-order valence-corrected chi connectivity index (χ1v) is 11.1. The number of hydrogen-bond donors (Lipinski definition) is 2. The van der Waals surface area contributed by atoms with Gasteiger partial charge in [0.2, 0.25) is 0 Å². The van der Waals surface area contributed by atoms with Gasteiger partial charge in [0.1, 0.15) is 5.58 Å². The van der Waals surface area contributed by atoms with Crippen molar-refractivity contribution in [1.29, 1.82) is 0 Å². The smallest absolute Gasteiger partial charge is 0.134 e. The SMILES string of the molecule is Cc1coc2ccc(-c3cc(NC(C4=CN(C)NC4)c4cnnn4C)cc4nccnc34)cc12. The van der Waals surface area contributed by atoms with Crippen molar-refractivity contribution in [3.8, 4) is 11.1 Å². The summed E-state index contributed by atoms with van der Waals surface area (Å²) in [6.45, 7) is 2.79. The van der Waals surface area contributed by atoms with Gasteiger partial charge in [-0.15, -0.1) is 5.10 Å². The molecule has 0 amide bonds. The number of nitrogens with zero attached hydrogens (tertiary/aromatic N) is 6. The number of fused-ring (bicyclic) bond motifs is 2. The molecule has 0 aliphatic carbocycles. The van der Waals surface area contributed by atoms with Crippen molar-refractivity contribution in [3.63, 3.8) is 0 Å². The fraction of sp³-hybridized carbons (Fsp3) is 0.200. The van der Waals surface area contributed by atoms with E-state index in [1.54, 1.807) is 29.5 Å². The van der Waals surface area contributed by atoms with E-state index in [0.717, 1.165) is 56.6 Å². The van der Waals surface area contributed by atoms with Crippen molar-refractivity contribution in [2.24, 2.45) is 7.05 Å². The van der Waals surface area contributed by atoms with E-state index < -0.39 is 0 Å². The summed E-state index contributed by atoms with van der Waals surface area (Å²) in [4.78, 5) is 9.26. The molecule has 0 radical (unpaired) electrons. The first-order valence-electron chi connectivity index (χ1n) is 11.1. The first kappa shape index (κ1) is 20.4. The van der Waals surface area contributed by atoms with Gasteiger partial charge in [-0.25, -0.2) is 10.1 Å². The van der Waals surface area contributed by atoms with Crippen molar-refractivity contribution in [1.82, 2.24) is 35.4 Å². The number of furan rings is 1. The predicted octanol–water partition coefficient (Wildman–Crippen LogP) is 3.97. The Morgan fingerprint density at radius 3 is 2.79 bits per heavy atom. The zero-order chi connectivity index (χ0) is 23.2. The Hall–Kier alpha value is -4.24. The second kappa shape index (κ2) is 7.96. The average molecular weight is 453 g/mol. The molecule has 9 nitrogen and oxygen atoms in total. The molecule has 0 saturated carbocycles. The standard InChI is InChI=1S/C25H24N8O/c1-15-14-34-23-5-4-16(8-19(15)23)20-9-18(10-21-25(20)27-7-6-26-21)30-24(17-11-29-32(2)13-17)22-12-28-31-33(22)3/h4-10,12-14,24,29-30H,11H2,1-3H3. The Morgan fingerprint density at radius 2 is 2.00 bits per heavy atom. The maximum Gasteiger partial charge on any atom is 0.134 e. The molecule has 1 unspecified atom stereocenters. The van der Waals surface area contributed by atoms with E-state index in [-0.39, 0.29) is 6.04 Å². The lowest BCUT2D eigenvalue weighted by Gasteiger charge is -2.21. The normalized spacial score (nSPS) is 14.7. The van der Waals surface area contributed by atoms with E-state index in [9.17, 15) is 0 Å². The van der Waals surface area contributed by atoms with Gasteiger partial charge in [-0.2, -0.15) is 0 Å². The van der Waals surface area contributed by atoms with Crippen LogP contribution in [0.3, 0.4) is 0 Å². The molecular weight excluding hydrogens is 428 g/mol. The summed E-state index contributed by atoms with van der Waals surface area (Å²) >= 11 is 0.